The zero-order chi connectivity index (χ0) is 16.3. The number of rotatable bonds is 5. The zero-order valence-electron chi connectivity index (χ0n) is 12.8. The van der Waals surface area contributed by atoms with Gasteiger partial charge in [0.2, 0.25) is 4.77 Å². The smallest absolute Gasteiger partial charge is 0.216 e. The summed E-state index contributed by atoms with van der Waals surface area (Å²) in [6, 6.07) is 3.70. The first-order valence-electron chi connectivity index (χ1n) is 6.61. The molecule has 0 radical (unpaired) electrons. The number of aromatic nitrogens is 3. The van der Waals surface area contributed by atoms with Crippen LogP contribution in [0.4, 0.5) is 0 Å². The number of benzene rings is 1. The molecule has 0 aliphatic rings. The molecule has 118 valence electrons. The summed E-state index contributed by atoms with van der Waals surface area (Å²) in [7, 11) is 3.18. The number of hydrogen-bond acceptors (Lipinski definition) is 5. The van der Waals surface area contributed by atoms with Crippen LogP contribution in [0.5, 0.6) is 11.5 Å². The lowest BCUT2D eigenvalue weighted by Crippen LogP contribution is -2.01. The third-order valence-corrected chi connectivity index (χ3v) is 4.10. The van der Waals surface area contributed by atoms with Gasteiger partial charge in [0, 0.05) is 11.5 Å². The van der Waals surface area contributed by atoms with Crippen molar-refractivity contribution >= 4 is 34.4 Å². The standard InChI is InChI=1S/C14H17BrN4O2S/c1-8(2)13-17-18-14(22)19(13)16-7-9-5-6-10(20-3)12(21-4)11(9)15/h5-8H,1-4H3,(H,18,22)/b16-7-. The Morgan fingerprint density at radius 1 is 1.36 bits per heavy atom. The second-order valence-corrected chi connectivity index (χ2v) is 5.98. The normalized spacial score (nSPS) is 11.4. The van der Waals surface area contributed by atoms with E-state index in [4.69, 9.17) is 21.7 Å². The van der Waals surface area contributed by atoms with Crippen molar-refractivity contribution in [3.05, 3.63) is 32.8 Å². The summed E-state index contributed by atoms with van der Waals surface area (Å²) in [5, 5.41) is 11.4. The molecule has 0 aliphatic heterocycles. The van der Waals surface area contributed by atoms with Crippen LogP contribution in [-0.2, 0) is 0 Å². The molecule has 0 aliphatic carbocycles. The SMILES string of the molecule is COc1ccc(/C=N\n2c(C(C)C)n[nH]c2=S)c(Br)c1OC. The highest BCUT2D eigenvalue weighted by atomic mass is 79.9. The van der Waals surface area contributed by atoms with E-state index in [1.807, 2.05) is 26.0 Å². The first kappa shape index (κ1) is 16.7. The average molecular weight is 385 g/mol. The summed E-state index contributed by atoms with van der Waals surface area (Å²) in [5.74, 6) is 2.25. The molecule has 6 nitrogen and oxygen atoms in total. The van der Waals surface area contributed by atoms with Gasteiger partial charge >= 0.3 is 0 Å². The fraction of sp³-hybridized carbons (Fsp3) is 0.357. The van der Waals surface area contributed by atoms with E-state index in [1.54, 1.807) is 25.1 Å². The van der Waals surface area contributed by atoms with Crippen molar-refractivity contribution in [2.75, 3.05) is 14.2 Å². The minimum atomic E-state index is 0.207. The van der Waals surface area contributed by atoms with E-state index in [2.05, 4.69) is 31.2 Å². The third-order valence-electron chi connectivity index (χ3n) is 3.02. The summed E-state index contributed by atoms with van der Waals surface area (Å²) in [6.07, 6.45) is 1.70. The van der Waals surface area contributed by atoms with Crippen LogP contribution in [0.2, 0.25) is 0 Å². The van der Waals surface area contributed by atoms with Gasteiger partial charge in [0.25, 0.3) is 0 Å². The van der Waals surface area contributed by atoms with Gasteiger partial charge in [-0.25, -0.2) is 0 Å². The topological polar surface area (TPSA) is 64.4 Å². The zero-order valence-corrected chi connectivity index (χ0v) is 15.2. The molecule has 22 heavy (non-hydrogen) atoms. The Hall–Kier alpha value is -1.67. The molecule has 2 aromatic rings. The molecule has 0 amide bonds. The van der Waals surface area contributed by atoms with Crippen LogP contribution in [-0.4, -0.2) is 35.3 Å². The highest BCUT2D eigenvalue weighted by molar-refractivity contribution is 9.10. The molecule has 1 heterocycles. The Kier molecular flexibility index (Phi) is 5.36. The van der Waals surface area contributed by atoms with Crippen molar-refractivity contribution in [1.82, 2.24) is 14.9 Å². The van der Waals surface area contributed by atoms with Crippen LogP contribution in [0.25, 0.3) is 0 Å². The van der Waals surface area contributed by atoms with Gasteiger partial charge in [0.15, 0.2) is 17.3 Å². The Bertz CT molecular complexity index is 752. The highest BCUT2D eigenvalue weighted by Crippen LogP contribution is 2.36. The second kappa shape index (κ2) is 7.06. The number of halogens is 1. The van der Waals surface area contributed by atoms with Crippen LogP contribution in [0.15, 0.2) is 21.7 Å². The van der Waals surface area contributed by atoms with Gasteiger partial charge in [-0.15, -0.1) is 0 Å². The van der Waals surface area contributed by atoms with Crippen molar-refractivity contribution in [1.29, 1.82) is 0 Å². The molecule has 1 aromatic carbocycles. The molecular weight excluding hydrogens is 368 g/mol. The lowest BCUT2D eigenvalue weighted by Gasteiger charge is -2.11. The molecule has 0 fully saturated rings. The largest absolute Gasteiger partial charge is 0.493 e. The Balaban J connectivity index is 2.44. The number of H-pyrrole nitrogens is 1. The van der Waals surface area contributed by atoms with Crippen LogP contribution in [0, 0.1) is 4.77 Å². The quantitative estimate of drug-likeness (QED) is 0.629. The summed E-state index contributed by atoms with van der Waals surface area (Å²) in [5.41, 5.74) is 0.843. The summed E-state index contributed by atoms with van der Waals surface area (Å²) >= 11 is 8.71. The number of methoxy groups -OCH3 is 2. The van der Waals surface area contributed by atoms with Crippen LogP contribution in [0.1, 0.15) is 31.2 Å². The molecule has 0 unspecified atom stereocenters. The van der Waals surface area contributed by atoms with Crippen molar-refractivity contribution in [3.63, 3.8) is 0 Å². The molecule has 1 N–H and O–H groups in total. The van der Waals surface area contributed by atoms with E-state index < -0.39 is 0 Å². The molecule has 0 atom stereocenters. The van der Waals surface area contributed by atoms with Crippen LogP contribution in [0.3, 0.4) is 0 Å². The van der Waals surface area contributed by atoms with E-state index in [1.165, 1.54) is 0 Å². The van der Waals surface area contributed by atoms with Crippen molar-refractivity contribution < 1.29 is 9.47 Å². The summed E-state index contributed by atoms with van der Waals surface area (Å²) < 4.78 is 13.4. The molecule has 0 bridgehead atoms. The number of aromatic amines is 1. The first-order valence-corrected chi connectivity index (χ1v) is 7.81. The lowest BCUT2D eigenvalue weighted by atomic mass is 10.2. The maximum absolute atomic E-state index is 5.35. The molecule has 0 spiro atoms. The van der Waals surface area contributed by atoms with E-state index in [0.29, 0.717) is 16.3 Å². The molecule has 8 heteroatoms. The predicted molar refractivity (Wildman–Crippen MR) is 91.7 cm³/mol. The number of hydrogen-bond donors (Lipinski definition) is 1. The van der Waals surface area contributed by atoms with Gasteiger partial charge in [-0.2, -0.15) is 14.9 Å². The van der Waals surface area contributed by atoms with Gasteiger partial charge in [-0.1, -0.05) is 13.8 Å². The Morgan fingerprint density at radius 2 is 2.09 bits per heavy atom. The van der Waals surface area contributed by atoms with Crippen LogP contribution < -0.4 is 9.47 Å². The van der Waals surface area contributed by atoms with Gasteiger partial charge < -0.3 is 9.47 Å². The van der Waals surface area contributed by atoms with Gasteiger partial charge in [-0.05, 0) is 40.3 Å². The predicted octanol–water partition coefficient (Wildman–Crippen LogP) is 3.73. The first-order chi connectivity index (χ1) is 10.5. The Morgan fingerprint density at radius 3 is 2.68 bits per heavy atom. The lowest BCUT2D eigenvalue weighted by molar-refractivity contribution is 0.353. The highest BCUT2D eigenvalue weighted by Gasteiger charge is 2.12. The van der Waals surface area contributed by atoms with E-state index >= 15 is 0 Å². The fourth-order valence-corrected chi connectivity index (χ4v) is 2.69. The third kappa shape index (κ3) is 3.22. The summed E-state index contributed by atoms with van der Waals surface area (Å²) in [6.45, 7) is 4.06. The molecular formula is C14H17BrN4O2S. The van der Waals surface area contributed by atoms with E-state index in [-0.39, 0.29) is 5.92 Å². The molecule has 1 aromatic heterocycles. The van der Waals surface area contributed by atoms with E-state index in [9.17, 15) is 0 Å². The van der Waals surface area contributed by atoms with Gasteiger partial charge in [0.1, 0.15) is 0 Å². The van der Waals surface area contributed by atoms with Crippen molar-refractivity contribution in [2.45, 2.75) is 19.8 Å². The summed E-state index contributed by atoms with van der Waals surface area (Å²) in [4.78, 5) is 0. The van der Waals surface area contributed by atoms with Gasteiger partial charge in [-0.3, -0.25) is 5.10 Å². The second-order valence-electron chi connectivity index (χ2n) is 4.80. The fourth-order valence-electron chi connectivity index (χ4n) is 1.91. The maximum Gasteiger partial charge on any atom is 0.216 e. The average Bonchev–Trinajstić information content (AvgIpc) is 2.87. The number of ether oxygens (including phenoxy) is 2. The molecule has 2 rings (SSSR count). The van der Waals surface area contributed by atoms with Crippen molar-refractivity contribution in [3.8, 4) is 11.5 Å². The van der Waals surface area contributed by atoms with Gasteiger partial charge in [0.05, 0.1) is 24.9 Å². The van der Waals surface area contributed by atoms with Crippen LogP contribution >= 0.6 is 28.1 Å². The monoisotopic (exact) mass is 384 g/mol. The minimum Gasteiger partial charge on any atom is -0.493 e. The molecule has 0 saturated carbocycles. The number of nitrogens with zero attached hydrogens (tertiary/aromatic N) is 3. The molecule has 0 saturated heterocycles. The Labute approximate surface area is 142 Å². The van der Waals surface area contributed by atoms with Crippen molar-refractivity contribution in [2.24, 2.45) is 5.10 Å². The van der Waals surface area contributed by atoms with E-state index in [0.717, 1.165) is 15.9 Å². The maximum atomic E-state index is 5.35. The minimum absolute atomic E-state index is 0.207. The number of nitrogens with one attached hydrogen (secondary N) is 1.